The minimum atomic E-state index is 0.600. The molecule has 1 aromatic rings. The number of H-pyrrole nitrogens is 1. The molecule has 106 valence electrons. The third-order valence-electron chi connectivity index (χ3n) is 4.72. The molecule has 3 rings (SSSR count). The Morgan fingerprint density at radius 3 is 2.95 bits per heavy atom. The maximum atomic E-state index is 4.55. The van der Waals surface area contributed by atoms with Crippen molar-refractivity contribution in [1.82, 2.24) is 20.2 Å². The topological polar surface area (TPSA) is 44.0 Å². The molecule has 0 bridgehead atoms. The molecule has 0 radical (unpaired) electrons. The van der Waals surface area contributed by atoms with E-state index in [1.807, 2.05) is 12.4 Å². The van der Waals surface area contributed by atoms with Crippen LogP contribution in [0.1, 0.15) is 50.8 Å². The van der Waals surface area contributed by atoms with E-state index >= 15 is 0 Å². The highest BCUT2D eigenvalue weighted by molar-refractivity contribution is 5.04. The Labute approximate surface area is 116 Å². The van der Waals surface area contributed by atoms with Crippen LogP contribution in [0, 0.1) is 0 Å². The lowest BCUT2D eigenvalue weighted by Gasteiger charge is -2.40. The van der Waals surface area contributed by atoms with Crippen molar-refractivity contribution in [2.45, 2.75) is 57.0 Å². The van der Waals surface area contributed by atoms with Gasteiger partial charge in [-0.3, -0.25) is 4.90 Å². The van der Waals surface area contributed by atoms with Gasteiger partial charge in [0.2, 0.25) is 0 Å². The SMILES string of the molecule is CC1CN(C2CCCCCC2c2ncc[nH]2)CCN1. The number of rotatable bonds is 2. The van der Waals surface area contributed by atoms with Crippen molar-refractivity contribution in [3.63, 3.8) is 0 Å². The summed E-state index contributed by atoms with van der Waals surface area (Å²) in [5, 5.41) is 3.55. The van der Waals surface area contributed by atoms with Crippen LogP contribution < -0.4 is 5.32 Å². The number of nitrogens with one attached hydrogen (secondary N) is 2. The third-order valence-corrected chi connectivity index (χ3v) is 4.72. The number of aromatic amines is 1. The normalized spacial score (nSPS) is 34.1. The van der Waals surface area contributed by atoms with E-state index in [2.05, 4.69) is 27.1 Å². The van der Waals surface area contributed by atoms with Crippen molar-refractivity contribution in [2.75, 3.05) is 19.6 Å². The van der Waals surface area contributed by atoms with Crippen LogP contribution in [0.4, 0.5) is 0 Å². The molecule has 1 aliphatic heterocycles. The van der Waals surface area contributed by atoms with Crippen LogP contribution in [0.3, 0.4) is 0 Å². The highest BCUT2D eigenvalue weighted by Crippen LogP contribution is 2.33. The summed E-state index contributed by atoms with van der Waals surface area (Å²) in [6, 6.07) is 1.30. The molecule has 2 fully saturated rings. The number of aromatic nitrogens is 2. The molecule has 1 aromatic heterocycles. The van der Waals surface area contributed by atoms with Gasteiger partial charge in [0.25, 0.3) is 0 Å². The lowest BCUT2D eigenvalue weighted by atomic mass is 9.91. The van der Waals surface area contributed by atoms with Gasteiger partial charge in [-0.1, -0.05) is 19.3 Å². The van der Waals surface area contributed by atoms with Crippen LogP contribution in [-0.4, -0.2) is 46.6 Å². The molecule has 1 saturated heterocycles. The average Bonchev–Trinajstić information content (AvgIpc) is 2.83. The van der Waals surface area contributed by atoms with E-state index < -0.39 is 0 Å². The highest BCUT2D eigenvalue weighted by Gasteiger charge is 2.33. The van der Waals surface area contributed by atoms with Crippen LogP contribution in [0.5, 0.6) is 0 Å². The van der Waals surface area contributed by atoms with Gasteiger partial charge in [0, 0.05) is 50.0 Å². The summed E-state index contributed by atoms with van der Waals surface area (Å²) < 4.78 is 0. The van der Waals surface area contributed by atoms with Crippen LogP contribution in [0.15, 0.2) is 12.4 Å². The Kier molecular flexibility index (Phi) is 4.18. The van der Waals surface area contributed by atoms with Gasteiger partial charge in [0.1, 0.15) is 5.82 Å². The monoisotopic (exact) mass is 262 g/mol. The lowest BCUT2D eigenvalue weighted by molar-refractivity contribution is 0.120. The molecule has 2 heterocycles. The van der Waals surface area contributed by atoms with E-state index in [-0.39, 0.29) is 0 Å². The van der Waals surface area contributed by atoms with E-state index in [1.54, 1.807) is 0 Å². The molecule has 1 aliphatic carbocycles. The number of hydrogen-bond acceptors (Lipinski definition) is 3. The van der Waals surface area contributed by atoms with Gasteiger partial charge in [-0.15, -0.1) is 0 Å². The van der Waals surface area contributed by atoms with Crippen molar-refractivity contribution in [2.24, 2.45) is 0 Å². The fourth-order valence-electron chi connectivity index (χ4n) is 3.79. The predicted octanol–water partition coefficient (Wildman–Crippen LogP) is 2.12. The van der Waals surface area contributed by atoms with Gasteiger partial charge >= 0.3 is 0 Å². The van der Waals surface area contributed by atoms with Gasteiger partial charge < -0.3 is 10.3 Å². The fraction of sp³-hybridized carbons (Fsp3) is 0.800. The second-order valence-electron chi connectivity index (χ2n) is 6.14. The van der Waals surface area contributed by atoms with Crippen LogP contribution in [-0.2, 0) is 0 Å². The van der Waals surface area contributed by atoms with Gasteiger partial charge in [-0.05, 0) is 19.8 Å². The Morgan fingerprint density at radius 2 is 2.16 bits per heavy atom. The van der Waals surface area contributed by atoms with Gasteiger partial charge in [0.15, 0.2) is 0 Å². The Balaban J connectivity index is 1.78. The van der Waals surface area contributed by atoms with Crippen molar-refractivity contribution in [3.8, 4) is 0 Å². The molecule has 2 aliphatic rings. The molecular formula is C15H26N4. The first-order valence-electron chi connectivity index (χ1n) is 7.81. The first kappa shape index (κ1) is 13.1. The molecule has 2 N–H and O–H groups in total. The summed E-state index contributed by atoms with van der Waals surface area (Å²) in [6.07, 6.45) is 10.6. The van der Waals surface area contributed by atoms with Crippen LogP contribution in [0.2, 0.25) is 0 Å². The van der Waals surface area contributed by atoms with Gasteiger partial charge in [-0.2, -0.15) is 0 Å². The first-order valence-corrected chi connectivity index (χ1v) is 7.81. The molecular weight excluding hydrogens is 236 g/mol. The maximum Gasteiger partial charge on any atom is 0.110 e. The molecule has 0 spiro atoms. The quantitative estimate of drug-likeness (QED) is 0.802. The Morgan fingerprint density at radius 1 is 1.26 bits per heavy atom. The molecule has 0 amide bonds. The third kappa shape index (κ3) is 3.00. The molecule has 0 aromatic carbocycles. The molecule has 1 saturated carbocycles. The fourth-order valence-corrected chi connectivity index (χ4v) is 3.79. The Bertz CT molecular complexity index is 376. The van der Waals surface area contributed by atoms with E-state index in [9.17, 15) is 0 Å². The standard InChI is InChI=1S/C15H26N4/c1-12-11-19(10-9-16-12)14-6-4-2-3-5-13(14)15-17-7-8-18-15/h7-8,12-14,16H,2-6,9-11H2,1H3,(H,17,18). The highest BCUT2D eigenvalue weighted by atomic mass is 15.2. The number of nitrogens with zero attached hydrogens (tertiary/aromatic N) is 2. The van der Waals surface area contributed by atoms with Crippen molar-refractivity contribution in [1.29, 1.82) is 0 Å². The Hall–Kier alpha value is -0.870. The molecule has 4 nitrogen and oxygen atoms in total. The van der Waals surface area contributed by atoms with E-state index in [1.165, 1.54) is 51.0 Å². The lowest BCUT2D eigenvalue weighted by Crippen LogP contribution is -2.54. The molecule has 3 unspecified atom stereocenters. The summed E-state index contributed by atoms with van der Waals surface area (Å²) in [4.78, 5) is 10.6. The van der Waals surface area contributed by atoms with Crippen molar-refractivity contribution in [3.05, 3.63) is 18.2 Å². The average molecular weight is 262 g/mol. The summed E-state index contributed by atoms with van der Waals surface area (Å²) in [5.74, 6) is 1.81. The largest absolute Gasteiger partial charge is 0.348 e. The van der Waals surface area contributed by atoms with E-state index in [4.69, 9.17) is 0 Å². The number of hydrogen-bond donors (Lipinski definition) is 2. The summed E-state index contributed by atoms with van der Waals surface area (Å²) in [5.41, 5.74) is 0. The smallest absolute Gasteiger partial charge is 0.110 e. The molecule has 19 heavy (non-hydrogen) atoms. The zero-order chi connectivity index (χ0) is 13.1. The first-order chi connectivity index (χ1) is 9.34. The van der Waals surface area contributed by atoms with Crippen LogP contribution in [0.25, 0.3) is 0 Å². The van der Waals surface area contributed by atoms with Gasteiger partial charge in [0.05, 0.1) is 0 Å². The van der Waals surface area contributed by atoms with Crippen molar-refractivity contribution >= 4 is 0 Å². The zero-order valence-electron chi connectivity index (χ0n) is 11.9. The van der Waals surface area contributed by atoms with Gasteiger partial charge in [-0.25, -0.2) is 4.98 Å². The van der Waals surface area contributed by atoms with Crippen molar-refractivity contribution < 1.29 is 0 Å². The zero-order valence-corrected chi connectivity index (χ0v) is 11.9. The molecule has 3 atom stereocenters. The van der Waals surface area contributed by atoms with E-state index in [0.29, 0.717) is 18.0 Å². The summed E-state index contributed by atoms with van der Waals surface area (Å²) in [6.45, 7) is 5.79. The summed E-state index contributed by atoms with van der Waals surface area (Å²) in [7, 11) is 0. The minimum absolute atomic E-state index is 0.600. The maximum absolute atomic E-state index is 4.55. The number of piperazine rings is 1. The molecule has 4 heteroatoms. The van der Waals surface area contributed by atoms with Crippen LogP contribution >= 0.6 is 0 Å². The second-order valence-corrected chi connectivity index (χ2v) is 6.14. The predicted molar refractivity (Wildman–Crippen MR) is 77.2 cm³/mol. The minimum Gasteiger partial charge on any atom is -0.348 e. The summed E-state index contributed by atoms with van der Waals surface area (Å²) >= 11 is 0. The van der Waals surface area contributed by atoms with E-state index in [0.717, 1.165) is 6.54 Å². The second kappa shape index (κ2) is 6.06. The number of imidazole rings is 1.